The Morgan fingerprint density at radius 3 is 2.00 bits per heavy atom. The van der Waals surface area contributed by atoms with Crippen LogP contribution in [0.25, 0.3) is 0 Å². The predicted octanol–water partition coefficient (Wildman–Crippen LogP) is 4.34. The molecule has 0 aromatic heterocycles. The summed E-state index contributed by atoms with van der Waals surface area (Å²) in [6, 6.07) is 0. The molecule has 0 aliphatic heterocycles. The lowest BCUT2D eigenvalue weighted by Crippen LogP contribution is -2.15. The molecule has 0 unspecified atom stereocenters. The van der Waals surface area contributed by atoms with E-state index in [1.54, 1.807) is 0 Å². The van der Waals surface area contributed by atoms with Crippen LogP contribution < -0.4 is 0 Å². The van der Waals surface area contributed by atoms with E-state index in [1.165, 1.54) is 10.8 Å². The van der Waals surface area contributed by atoms with Gasteiger partial charge in [0.05, 0.1) is 0 Å². The normalized spacial score (nSPS) is 13.5. The highest BCUT2D eigenvalue weighted by Crippen LogP contribution is 2.34. The van der Waals surface area contributed by atoms with Gasteiger partial charge in [-0.2, -0.15) is 13.2 Å². The van der Waals surface area contributed by atoms with Crippen LogP contribution in [-0.2, 0) is 0 Å². The van der Waals surface area contributed by atoms with E-state index in [1.807, 2.05) is 13.8 Å². The predicted molar refractivity (Wildman–Crippen MR) is 49.2 cm³/mol. The van der Waals surface area contributed by atoms with Crippen molar-refractivity contribution in [1.29, 1.82) is 0 Å². The van der Waals surface area contributed by atoms with E-state index >= 15 is 0 Å². The summed E-state index contributed by atoms with van der Waals surface area (Å²) in [5, 5.41) is 0. The van der Waals surface area contributed by atoms with Crippen LogP contribution in [0.5, 0.6) is 0 Å². The van der Waals surface area contributed by atoms with Crippen LogP contribution in [0, 0.1) is 0 Å². The monoisotopic (exact) mass is 217 g/mol. The topological polar surface area (TPSA) is 0 Å². The summed E-state index contributed by atoms with van der Waals surface area (Å²) in [6.07, 6.45) is -4.05. The van der Waals surface area contributed by atoms with Crippen LogP contribution in [0.15, 0.2) is 0 Å². The smallest absolute Gasteiger partial charge is 0.171 e. The second-order valence-electron chi connectivity index (χ2n) is 3.31. The van der Waals surface area contributed by atoms with Crippen molar-refractivity contribution in [2.75, 3.05) is 0 Å². The highest BCUT2D eigenvalue weighted by atomic mass is 33.1. The molecular formula is C7H12F3S2. The fourth-order valence-corrected chi connectivity index (χ4v) is 1.23. The molecule has 12 heavy (non-hydrogen) atoms. The Labute approximate surface area is 80.1 Å². The van der Waals surface area contributed by atoms with Crippen molar-refractivity contribution in [3.8, 4) is 0 Å². The number of alkyl halides is 3. The highest BCUT2D eigenvalue weighted by molar-refractivity contribution is 8.69. The van der Waals surface area contributed by atoms with Crippen LogP contribution in [-0.4, -0.2) is 10.9 Å². The first kappa shape index (κ1) is 12.5. The average molecular weight is 217 g/mol. The molecule has 5 heteroatoms. The van der Waals surface area contributed by atoms with Gasteiger partial charge >= 0.3 is 6.18 Å². The fourth-order valence-electron chi connectivity index (χ4n) is 0.756. The summed E-state index contributed by atoms with van der Waals surface area (Å²) in [4.78, 5) is 0. The molecule has 0 bridgehead atoms. The lowest BCUT2D eigenvalue weighted by atomic mass is 10.1. The molecule has 0 atom stereocenters. The van der Waals surface area contributed by atoms with Gasteiger partial charge in [-0.1, -0.05) is 10.8 Å². The number of halogens is 3. The molecule has 0 amide bonds. The van der Waals surface area contributed by atoms with Crippen molar-refractivity contribution in [2.45, 2.75) is 44.0 Å². The minimum Gasteiger partial charge on any atom is -0.171 e. The zero-order valence-electron chi connectivity index (χ0n) is 7.07. The molecule has 0 fully saturated rings. The third-order valence-electron chi connectivity index (χ3n) is 1.46. The second kappa shape index (κ2) is 4.65. The number of hydrogen-bond acceptors (Lipinski definition) is 1. The van der Waals surface area contributed by atoms with Crippen molar-refractivity contribution >= 4 is 22.5 Å². The van der Waals surface area contributed by atoms with Gasteiger partial charge in [0.15, 0.2) is 0 Å². The molecule has 0 rings (SSSR count). The van der Waals surface area contributed by atoms with E-state index in [4.69, 9.17) is 11.7 Å². The Kier molecular flexibility index (Phi) is 4.84. The first-order valence-corrected chi connectivity index (χ1v) is 5.39. The first-order chi connectivity index (χ1) is 5.27. The van der Waals surface area contributed by atoms with Gasteiger partial charge < -0.3 is 0 Å². The summed E-state index contributed by atoms with van der Waals surface area (Å²) in [6.45, 7) is 3.72. The quantitative estimate of drug-likeness (QED) is 0.631. The molecule has 0 saturated carbocycles. The summed E-state index contributed by atoms with van der Waals surface area (Å²) >= 11 is 4.73. The van der Waals surface area contributed by atoms with E-state index in [2.05, 4.69) is 0 Å². The van der Waals surface area contributed by atoms with E-state index < -0.39 is 12.6 Å². The molecule has 0 saturated heterocycles. The molecule has 0 heterocycles. The standard InChI is InChI=1S/C7H12F3S2/c1-6(2,12-11)4-3-5-7(8,9)10/h3-5H2,1-2H3. The Morgan fingerprint density at radius 2 is 1.67 bits per heavy atom. The maximum Gasteiger partial charge on any atom is 0.389 e. The van der Waals surface area contributed by atoms with Gasteiger partial charge in [0, 0.05) is 11.2 Å². The average Bonchev–Trinajstić information content (AvgIpc) is 1.84. The van der Waals surface area contributed by atoms with Crippen LogP contribution in [0.4, 0.5) is 13.2 Å². The summed E-state index contributed by atoms with van der Waals surface area (Å²) in [7, 11) is 1.19. The molecule has 0 N–H and O–H groups in total. The van der Waals surface area contributed by atoms with Crippen molar-refractivity contribution in [2.24, 2.45) is 0 Å². The van der Waals surface area contributed by atoms with Gasteiger partial charge in [-0.25, -0.2) is 0 Å². The van der Waals surface area contributed by atoms with Crippen LogP contribution >= 0.6 is 22.5 Å². The highest BCUT2D eigenvalue weighted by Gasteiger charge is 2.28. The van der Waals surface area contributed by atoms with Crippen molar-refractivity contribution in [1.82, 2.24) is 0 Å². The Morgan fingerprint density at radius 1 is 1.17 bits per heavy atom. The molecule has 0 spiro atoms. The molecule has 0 aliphatic rings. The van der Waals surface area contributed by atoms with Crippen molar-refractivity contribution < 1.29 is 13.2 Å². The minimum atomic E-state index is -4.03. The molecule has 1 radical (unpaired) electrons. The third kappa shape index (κ3) is 7.16. The van der Waals surface area contributed by atoms with Gasteiger partial charge in [-0.15, -0.1) is 0 Å². The Hall–Kier alpha value is 0.490. The van der Waals surface area contributed by atoms with Crippen LogP contribution in [0.2, 0.25) is 0 Å². The molecule has 0 aromatic carbocycles. The van der Waals surface area contributed by atoms with Crippen molar-refractivity contribution in [3.63, 3.8) is 0 Å². The van der Waals surface area contributed by atoms with Gasteiger partial charge in [0.1, 0.15) is 0 Å². The Balaban J connectivity index is 3.57. The zero-order valence-corrected chi connectivity index (χ0v) is 8.70. The summed E-state index contributed by atoms with van der Waals surface area (Å²) in [5.41, 5.74) is 0. The molecular weight excluding hydrogens is 205 g/mol. The van der Waals surface area contributed by atoms with Crippen molar-refractivity contribution in [3.05, 3.63) is 0 Å². The van der Waals surface area contributed by atoms with Gasteiger partial charge in [0.25, 0.3) is 0 Å². The van der Waals surface area contributed by atoms with E-state index in [0.717, 1.165) is 0 Å². The SMILES string of the molecule is CC(C)(CCCC(F)(F)F)S[S]. The van der Waals surface area contributed by atoms with Crippen LogP contribution in [0.1, 0.15) is 33.1 Å². The molecule has 0 aliphatic carbocycles. The minimum absolute atomic E-state index is 0.167. The first-order valence-electron chi connectivity index (χ1n) is 3.64. The van der Waals surface area contributed by atoms with E-state index in [0.29, 0.717) is 6.42 Å². The van der Waals surface area contributed by atoms with Crippen LogP contribution in [0.3, 0.4) is 0 Å². The lowest BCUT2D eigenvalue weighted by Gasteiger charge is -2.20. The van der Waals surface area contributed by atoms with Gasteiger partial charge in [-0.05, 0) is 38.3 Å². The maximum absolute atomic E-state index is 11.7. The third-order valence-corrected chi connectivity index (χ3v) is 3.47. The van der Waals surface area contributed by atoms with E-state index in [9.17, 15) is 13.2 Å². The Bertz CT molecular complexity index is 131. The summed E-state index contributed by atoms with van der Waals surface area (Å²) < 4.78 is 34.9. The second-order valence-corrected chi connectivity index (χ2v) is 5.08. The lowest BCUT2D eigenvalue weighted by molar-refractivity contribution is -0.135. The maximum atomic E-state index is 11.7. The van der Waals surface area contributed by atoms with Gasteiger partial charge in [-0.3, -0.25) is 0 Å². The molecule has 0 nitrogen and oxygen atoms in total. The fraction of sp³-hybridized carbons (Fsp3) is 1.00. The summed E-state index contributed by atoms with van der Waals surface area (Å²) in [5.74, 6) is 0. The molecule has 73 valence electrons. The van der Waals surface area contributed by atoms with Gasteiger partial charge in [0.2, 0.25) is 0 Å². The zero-order chi connectivity index (χ0) is 9.83. The molecule has 0 aromatic rings. The largest absolute Gasteiger partial charge is 0.389 e. The number of hydrogen-bond donors (Lipinski definition) is 0. The number of rotatable bonds is 4. The van der Waals surface area contributed by atoms with E-state index in [-0.39, 0.29) is 11.2 Å².